The third-order valence-corrected chi connectivity index (χ3v) is 6.69. The fourth-order valence-corrected chi connectivity index (χ4v) is 5.10. The van der Waals surface area contributed by atoms with Crippen molar-refractivity contribution in [3.05, 3.63) is 21.9 Å². The Hall–Kier alpha value is -0.420. The van der Waals surface area contributed by atoms with Crippen molar-refractivity contribution in [3.63, 3.8) is 0 Å². The Balaban J connectivity index is 0.00000225. The average Bonchev–Trinajstić information content (AvgIpc) is 3.39. The highest BCUT2D eigenvalue weighted by Crippen LogP contribution is 2.24. The lowest BCUT2D eigenvalue weighted by Gasteiger charge is -2.37. The first kappa shape index (κ1) is 22.3. The fraction of sp³-hybridized carbons (Fsp3) is 0.750. The lowest BCUT2D eigenvalue weighted by molar-refractivity contribution is -0.0817. The molecule has 1 aromatic rings. The number of ether oxygens (including phenoxy) is 2. The van der Waals surface area contributed by atoms with Crippen molar-refractivity contribution in [1.29, 1.82) is 0 Å². The summed E-state index contributed by atoms with van der Waals surface area (Å²) in [5.41, 5.74) is 1.51. The van der Waals surface area contributed by atoms with Crippen LogP contribution in [0.2, 0.25) is 0 Å². The summed E-state index contributed by atoms with van der Waals surface area (Å²) >= 11 is 1.90. The van der Waals surface area contributed by atoms with E-state index < -0.39 is 0 Å². The lowest BCUT2D eigenvalue weighted by Crippen LogP contribution is -2.53. The molecule has 2 fully saturated rings. The number of halogens is 1. The molecule has 0 radical (unpaired) electrons. The molecule has 2 unspecified atom stereocenters. The van der Waals surface area contributed by atoms with Crippen LogP contribution in [0.4, 0.5) is 0 Å². The number of fused-ring (bicyclic) bond motifs is 1. The predicted octanol–water partition coefficient (Wildman–Crippen LogP) is 2.57. The summed E-state index contributed by atoms with van der Waals surface area (Å²) in [6.07, 6.45) is 3.88. The first-order chi connectivity index (χ1) is 13.3. The van der Waals surface area contributed by atoms with Crippen LogP contribution < -0.4 is 5.32 Å². The number of rotatable bonds is 5. The summed E-state index contributed by atoms with van der Waals surface area (Å²) in [7, 11) is 0. The molecule has 3 aliphatic rings. The molecule has 158 valence electrons. The highest BCUT2D eigenvalue weighted by atomic mass is 127. The van der Waals surface area contributed by atoms with Gasteiger partial charge >= 0.3 is 0 Å². The zero-order chi connectivity index (χ0) is 18.5. The monoisotopic (exact) mass is 520 g/mol. The molecule has 1 N–H and O–H groups in total. The maximum absolute atomic E-state index is 5.99. The van der Waals surface area contributed by atoms with E-state index in [4.69, 9.17) is 14.5 Å². The number of morpholine rings is 1. The van der Waals surface area contributed by atoms with Gasteiger partial charge in [0.25, 0.3) is 0 Å². The van der Waals surface area contributed by atoms with E-state index in [0.717, 1.165) is 77.8 Å². The Morgan fingerprint density at radius 1 is 1.29 bits per heavy atom. The molecule has 0 amide bonds. The number of guanidine groups is 1. The first-order valence-electron chi connectivity index (χ1n) is 10.4. The van der Waals surface area contributed by atoms with Crippen molar-refractivity contribution in [1.82, 2.24) is 15.1 Å². The molecule has 8 heteroatoms. The van der Waals surface area contributed by atoms with Gasteiger partial charge in [0, 0.05) is 50.8 Å². The standard InChI is InChI=1S/C20H32N4O2S.HI/c1-2-21-20(24-10-12-26-18(15-24)17-4-3-11-25-17)22-7-9-23-8-5-19-16(14-23)6-13-27-19;/h6,13,17-18H,2-5,7-12,14-15H2,1H3,(H,21,22);1H. The fourth-order valence-electron chi connectivity index (χ4n) is 4.21. The van der Waals surface area contributed by atoms with Gasteiger partial charge in [-0.1, -0.05) is 0 Å². The van der Waals surface area contributed by atoms with Gasteiger partial charge in [-0.15, -0.1) is 35.3 Å². The van der Waals surface area contributed by atoms with Crippen LogP contribution in [0.5, 0.6) is 0 Å². The van der Waals surface area contributed by atoms with Gasteiger partial charge in [0.15, 0.2) is 5.96 Å². The summed E-state index contributed by atoms with van der Waals surface area (Å²) < 4.78 is 11.8. The van der Waals surface area contributed by atoms with Gasteiger partial charge in [-0.25, -0.2) is 0 Å². The molecule has 6 nitrogen and oxygen atoms in total. The van der Waals surface area contributed by atoms with E-state index in [9.17, 15) is 0 Å². The normalized spacial score (nSPS) is 26.0. The molecule has 0 aromatic carbocycles. The minimum absolute atomic E-state index is 0. The van der Waals surface area contributed by atoms with E-state index in [-0.39, 0.29) is 36.2 Å². The van der Waals surface area contributed by atoms with Gasteiger partial charge in [0.05, 0.1) is 19.3 Å². The Morgan fingerprint density at radius 3 is 3.00 bits per heavy atom. The topological polar surface area (TPSA) is 49.3 Å². The summed E-state index contributed by atoms with van der Waals surface area (Å²) in [6.45, 7) is 10.5. The summed E-state index contributed by atoms with van der Waals surface area (Å²) in [5, 5.41) is 5.70. The number of nitrogens with one attached hydrogen (secondary N) is 1. The maximum Gasteiger partial charge on any atom is 0.194 e. The molecule has 0 aliphatic carbocycles. The second-order valence-corrected chi connectivity index (χ2v) is 8.54. The Labute approximate surface area is 189 Å². The van der Waals surface area contributed by atoms with E-state index in [2.05, 4.69) is 33.5 Å². The molecule has 0 spiro atoms. The number of thiophene rings is 1. The smallest absolute Gasteiger partial charge is 0.194 e. The quantitative estimate of drug-likeness (QED) is 0.368. The summed E-state index contributed by atoms with van der Waals surface area (Å²) in [5.74, 6) is 1.03. The van der Waals surface area contributed by atoms with Gasteiger partial charge in [-0.2, -0.15) is 0 Å². The van der Waals surface area contributed by atoms with Crippen LogP contribution in [0.3, 0.4) is 0 Å². The molecule has 28 heavy (non-hydrogen) atoms. The molecule has 1 aromatic heterocycles. The van der Waals surface area contributed by atoms with E-state index in [1.165, 1.54) is 12.0 Å². The van der Waals surface area contributed by atoms with E-state index in [0.29, 0.717) is 0 Å². The van der Waals surface area contributed by atoms with Crippen molar-refractivity contribution in [2.45, 2.75) is 44.9 Å². The molecule has 2 atom stereocenters. The summed E-state index contributed by atoms with van der Waals surface area (Å²) in [4.78, 5) is 11.4. The minimum atomic E-state index is 0. The Kier molecular flexibility index (Phi) is 8.83. The van der Waals surface area contributed by atoms with Gasteiger partial charge < -0.3 is 19.7 Å². The average molecular weight is 520 g/mol. The van der Waals surface area contributed by atoms with Crippen molar-refractivity contribution >= 4 is 41.3 Å². The minimum Gasteiger partial charge on any atom is -0.375 e. The number of aliphatic imine (C=N–C) groups is 1. The zero-order valence-electron chi connectivity index (χ0n) is 16.8. The van der Waals surface area contributed by atoms with Crippen molar-refractivity contribution in [2.24, 2.45) is 4.99 Å². The van der Waals surface area contributed by atoms with E-state index in [1.54, 1.807) is 4.88 Å². The van der Waals surface area contributed by atoms with E-state index in [1.807, 2.05) is 11.3 Å². The van der Waals surface area contributed by atoms with Crippen molar-refractivity contribution in [3.8, 4) is 0 Å². The number of hydrogen-bond acceptors (Lipinski definition) is 5. The SMILES string of the molecule is CCNC(=NCCN1CCc2sccc2C1)N1CCOC(C2CCCO2)C1.I. The number of nitrogens with zero attached hydrogens (tertiary/aromatic N) is 3. The number of hydrogen-bond donors (Lipinski definition) is 1. The first-order valence-corrected chi connectivity index (χ1v) is 11.3. The van der Waals surface area contributed by atoms with Crippen LogP contribution in [-0.2, 0) is 22.4 Å². The molecule has 4 heterocycles. The van der Waals surface area contributed by atoms with Crippen LogP contribution in [0.25, 0.3) is 0 Å². The third kappa shape index (κ3) is 5.59. The second kappa shape index (κ2) is 11.1. The van der Waals surface area contributed by atoms with Gasteiger partial charge in [-0.3, -0.25) is 9.89 Å². The molecule has 2 saturated heterocycles. The maximum atomic E-state index is 5.99. The van der Waals surface area contributed by atoms with Crippen molar-refractivity contribution in [2.75, 3.05) is 52.5 Å². The predicted molar refractivity (Wildman–Crippen MR) is 125 cm³/mol. The van der Waals surface area contributed by atoms with Gasteiger partial charge in [-0.05, 0) is 43.2 Å². The highest BCUT2D eigenvalue weighted by molar-refractivity contribution is 14.0. The van der Waals surface area contributed by atoms with Crippen LogP contribution in [0.1, 0.15) is 30.2 Å². The molecular weight excluding hydrogens is 487 g/mol. The zero-order valence-corrected chi connectivity index (χ0v) is 19.9. The third-order valence-electron chi connectivity index (χ3n) is 5.67. The second-order valence-electron chi connectivity index (χ2n) is 7.54. The van der Waals surface area contributed by atoms with E-state index >= 15 is 0 Å². The summed E-state index contributed by atoms with van der Waals surface area (Å²) in [6, 6.07) is 2.28. The highest BCUT2D eigenvalue weighted by Gasteiger charge is 2.32. The van der Waals surface area contributed by atoms with Crippen LogP contribution >= 0.6 is 35.3 Å². The van der Waals surface area contributed by atoms with Gasteiger partial charge in [0.1, 0.15) is 6.10 Å². The van der Waals surface area contributed by atoms with Crippen LogP contribution in [-0.4, -0.2) is 80.4 Å². The molecule has 0 bridgehead atoms. The Bertz CT molecular complexity index is 635. The Morgan fingerprint density at radius 2 is 2.18 bits per heavy atom. The largest absolute Gasteiger partial charge is 0.375 e. The molecular formula is C20H33IN4O2S. The van der Waals surface area contributed by atoms with Gasteiger partial charge in [0.2, 0.25) is 0 Å². The van der Waals surface area contributed by atoms with Crippen molar-refractivity contribution < 1.29 is 9.47 Å². The van der Waals surface area contributed by atoms with Crippen LogP contribution in [0, 0.1) is 0 Å². The molecule has 3 aliphatic heterocycles. The molecule has 0 saturated carbocycles. The molecule has 4 rings (SSSR count). The lowest BCUT2D eigenvalue weighted by atomic mass is 10.1. The van der Waals surface area contributed by atoms with Crippen LogP contribution in [0.15, 0.2) is 16.4 Å².